The van der Waals surface area contributed by atoms with Crippen LogP contribution >= 0.6 is 0 Å². The number of non-ortho nitro benzene ring substituents is 1. The van der Waals surface area contributed by atoms with Gasteiger partial charge in [-0.15, -0.1) is 0 Å². The first-order chi connectivity index (χ1) is 10.5. The SMILES string of the molecule is O=[N+]([O-])c1ccc(S(=O)(=O)N2CCOCC2)c2ccccc12. The van der Waals surface area contributed by atoms with Crippen molar-refractivity contribution >= 4 is 26.5 Å². The molecule has 0 bridgehead atoms. The molecule has 0 atom stereocenters. The maximum Gasteiger partial charge on any atom is 0.277 e. The minimum atomic E-state index is -3.70. The zero-order valence-corrected chi connectivity index (χ0v) is 12.5. The number of nitro groups is 1. The molecule has 0 aromatic heterocycles. The second-order valence-corrected chi connectivity index (χ2v) is 6.81. The van der Waals surface area contributed by atoms with E-state index in [0.717, 1.165) is 0 Å². The molecule has 22 heavy (non-hydrogen) atoms. The van der Waals surface area contributed by atoms with Gasteiger partial charge in [0.05, 0.1) is 28.4 Å². The van der Waals surface area contributed by atoms with E-state index in [1.54, 1.807) is 24.3 Å². The summed E-state index contributed by atoms with van der Waals surface area (Å²) in [6.45, 7) is 1.27. The molecule has 0 saturated carbocycles. The van der Waals surface area contributed by atoms with Gasteiger partial charge in [0.2, 0.25) is 10.0 Å². The van der Waals surface area contributed by atoms with E-state index in [1.807, 2.05) is 0 Å². The van der Waals surface area contributed by atoms with Gasteiger partial charge in [-0.05, 0) is 12.1 Å². The molecule has 0 spiro atoms. The van der Waals surface area contributed by atoms with E-state index < -0.39 is 14.9 Å². The number of morpholine rings is 1. The third kappa shape index (κ3) is 2.45. The van der Waals surface area contributed by atoms with Crippen LogP contribution in [0.2, 0.25) is 0 Å². The van der Waals surface area contributed by atoms with Crippen LogP contribution in [0, 0.1) is 10.1 Å². The van der Waals surface area contributed by atoms with Gasteiger partial charge in [0, 0.05) is 24.5 Å². The van der Waals surface area contributed by atoms with Crippen molar-refractivity contribution in [2.75, 3.05) is 26.3 Å². The maximum atomic E-state index is 12.8. The fraction of sp³-hybridized carbons (Fsp3) is 0.286. The van der Waals surface area contributed by atoms with Gasteiger partial charge in [-0.25, -0.2) is 8.42 Å². The Balaban J connectivity index is 2.19. The molecule has 1 aliphatic rings. The van der Waals surface area contributed by atoms with Gasteiger partial charge in [-0.3, -0.25) is 10.1 Å². The normalized spacial score (nSPS) is 16.7. The number of nitrogens with zero attached hydrogens (tertiary/aromatic N) is 2. The van der Waals surface area contributed by atoms with Crippen LogP contribution in [0.15, 0.2) is 41.3 Å². The van der Waals surface area contributed by atoms with Crippen LogP contribution in [-0.4, -0.2) is 43.9 Å². The summed E-state index contributed by atoms with van der Waals surface area (Å²) in [5, 5.41) is 11.8. The number of benzene rings is 2. The first-order valence-corrected chi connectivity index (χ1v) is 8.20. The van der Waals surface area contributed by atoms with E-state index in [-0.39, 0.29) is 23.7 Å². The number of hydrogen-bond donors (Lipinski definition) is 0. The van der Waals surface area contributed by atoms with Crippen molar-refractivity contribution < 1.29 is 18.1 Å². The molecule has 116 valence electrons. The third-order valence-corrected chi connectivity index (χ3v) is 5.60. The fourth-order valence-corrected chi connectivity index (χ4v) is 4.17. The minimum Gasteiger partial charge on any atom is -0.379 e. The molecule has 1 saturated heterocycles. The lowest BCUT2D eigenvalue weighted by atomic mass is 10.1. The van der Waals surface area contributed by atoms with Crippen LogP contribution in [0.25, 0.3) is 10.8 Å². The molecule has 0 aliphatic carbocycles. The van der Waals surface area contributed by atoms with E-state index in [4.69, 9.17) is 4.74 Å². The van der Waals surface area contributed by atoms with Crippen molar-refractivity contribution in [3.8, 4) is 0 Å². The number of hydrogen-bond acceptors (Lipinski definition) is 5. The molecule has 2 aromatic rings. The lowest BCUT2D eigenvalue weighted by molar-refractivity contribution is -0.383. The van der Waals surface area contributed by atoms with E-state index in [0.29, 0.717) is 24.0 Å². The summed E-state index contributed by atoms with van der Waals surface area (Å²) in [4.78, 5) is 10.7. The van der Waals surface area contributed by atoms with E-state index in [1.165, 1.54) is 16.4 Å². The summed E-state index contributed by atoms with van der Waals surface area (Å²) in [6, 6.07) is 9.03. The molecular weight excluding hydrogens is 308 g/mol. The third-order valence-electron chi connectivity index (χ3n) is 3.65. The Labute approximate surface area is 127 Å². The summed E-state index contributed by atoms with van der Waals surface area (Å²) in [5.41, 5.74) is -0.100. The van der Waals surface area contributed by atoms with E-state index in [2.05, 4.69) is 0 Å². The Kier molecular flexibility index (Phi) is 3.81. The smallest absolute Gasteiger partial charge is 0.277 e. The van der Waals surface area contributed by atoms with Gasteiger partial charge in [-0.1, -0.05) is 18.2 Å². The van der Waals surface area contributed by atoms with E-state index >= 15 is 0 Å². The quantitative estimate of drug-likeness (QED) is 0.634. The van der Waals surface area contributed by atoms with E-state index in [9.17, 15) is 18.5 Å². The molecule has 0 amide bonds. The van der Waals surface area contributed by atoms with Crippen LogP contribution in [0.1, 0.15) is 0 Å². The first kappa shape index (κ1) is 14.9. The highest BCUT2D eigenvalue weighted by Gasteiger charge is 2.29. The second-order valence-electron chi connectivity index (χ2n) is 4.90. The second kappa shape index (κ2) is 5.64. The van der Waals surface area contributed by atoms with Crippen LogP contribution in [0.4, 0.5) is 5.69 Å². The van der Waals surface area contributed by atoms with Crippen molar-refractivity contribution in [2.45, 2.75) is 4.90 Å². The molecule has 1 aliphatic heterocycles. The van der Waals surface area contributed by atoms with Crippen LogP contribution < -0.4 is 0 Å². The molecular formula is C14H14N2O5S. The summed E-state index contributed by atoms with van der Waals surface area (Å²) in [6.07, 6.45) is 0. The van der Waals surface area contributed by atoms with Crippen LogP contribution in [0.3, 0.4) is 0 Å². The Morgan fingerprint density at radius 3 is 2.32 bits per heavy atom. The average molecular weight is 322 g/mol. The Hall–Kier alpha value is -2.03. The Morgan fingerprint density at radius 1 is 1.05 bits per heavy atom. The highest BCUT2D eigenvalue weighted by molar-refractivity contribution is 7.89. The van der Waals surface area contributed by atoms with Gasteiger partial charge in [0.25, 0.3) is 5.69 Å². The van der Waals surface area contributed by atoms with Crippen LogP contribution in [-0.2, 0) is 14.8 Å². The number of fused-ring (bicyclic) bond motifs is 1. The van der Waals surface area contributed by atoms with Gasteiger partial charge in [-0.2, -0.15) is 4.31 Å². The maximum absolute atomic E-state index is 12.8. The highest BCUT2D eigenvalue weighted by atomic mass is 32.2. The summed E-state index contributed by atoms with van der Waals surface area (Å²) < 4.78 is 32.1. The van der Waals surface area contributed by atoms with Gasteiger partial charge < -0.3 is 4.74 Å². The first-order valence-electron chi connectivity index (χ1n) is 6.76. The fourth-order valence-electron chi connectivity index (χ4n) is 2.57. The molecule has 0 unspecified atom stereocenters. The topological polar surface area (TPSA) is 89.8 Å². The zero-order valence-electron chi connectivity index (χ0n) is 11.6. The summed E-state index contributed by atoms with van der Waals surface area (Å²) >= 11 is 0. The van der Waals surface area contributed by atoms with Gasteiger partial charge in [0.1, 0.15) is 0 Å². The molecule has 1 fully saturated rings. The number of sulfonamides is 1. The monoisotopic (exact) mass is 322 g/mol. The highest BCUT2D eigenvalue weighted by Crippen LogP contribution is 2.32. The largest absolute Gasteiger partial charge is 0.379 e. The van der Waals surface area contributed by atoms with Crippen molar-refractivity contribution in [1.82, 2.24) is 4.31 Å². The Morgan fingerprint density at radius 2 is 1.68 bits per heavy atom. The molecule has 3 rings (SSSR count). The average Bonchev–Trinajstić information content (AvgIpc) is 2.54. The lowest BCUT2D eigenvalue weighted by Crippen LogP contribution is -2.40. The van der Waals surface area contributed by atoms with Crippen molar-refractivity contribution in [3.05, 3.63) is 46.5 Å². The van der Waals surface area contributed by atoms with Gasteiger partial charge >= 0.3 is 0 Å². The molecule has 2 aromatic carbocycles. The number of ether oxygens (including phenoxy) is 1. The predicted molar refractivity (Wildman–Crippen MR) is 80.2 cm³/mol. The summed E-state index contributed by atoms with van der Waals surface area (Å²) in [7, 11) is -3.70. The molecule has 8 heteroatoms. The Bertz CT molecular complexity index is 828. The van der Waals surface area contributed by atoms with Crippen molar-refractivity contribution in [2.24, 2.45) is 0 Å². The molecule has 0 N–H and O–H groups in total. The molecule has 7 nitrogen and oxygen atoms in total. The van der Waals surface area contributed by atoms with Crippen molar-refractivity contribution in [1.29, 1.82) is 0 Å². The summed E-state index contributed by atoms with van der Waals surface area (Å²) in [5.74, 6) is 0. The standard InChI is InChI=1S/C14H14N2O5S/c17-16(18)13-5-6-14(12-4-2-1-3-11(12)13)22(19,20)15-7-9-21-10-8-15/h1-6H,7-10H2. The zero-order chi connectivity index (χ0) is 15.7. The molecule has 0 radical (unpaired) electrons. The van der Waals surface area contributed by atoms with Crippen LogP contribution in [0.5, 0.6) is 0 Å². The van der Waals surface area contributed by atoms with Crippen molar-refractivity contribution in [3.63, 3.8) is 0 Å². The number of rotatable bonds is 3. The number of nitro benzene ring substituents is 1. The van der Waals surface area contributed by atoms with Gasteiger partial charge in [0.15, 0.2) is 0 Å². The predicted octanol–water partition coefficient (Wildman–Crippen LogP) is 1.77. The minimum absolute atomic E-state index is 0.0931. The lowest BCUT2D eigenvalue weighted by Gasteiger charge is -2.26. The molecule has 1 heterocycles.